The second-order valence-corrected chi connectivity index (χ2v) is 2.78. The number of hydrogen-bond donors (Lipinski definition) is 1. The summed E-state index contributed by atoms with van der Waals surface area (Å²) >= 11 is 0. The molecule has 1 aromatic rings. The van der Waals surface area contributed by atoms with Crippen molar-refractivity contribution in [2.45, 2.75) is 6.92 Å². The van der Waals surface area contributed by atoms with Crippen molar-refractivity contribution < 1.29 is 4.79 Å². The minimum atomic E-state index is -0.155. The van der Waals surface area contributed by atoms with E-state index >= 15 is 0 Å². The first-order valence-electron chi connectivity index (χ1n) is 4.22. The molecule has 0 heterocycles. The first-order valence-corrected chi connectivity index (χ1v) is 4.22. The zero-order valence-electron chi connectivity index (χ0n) is 8.00. The largest absolute Gasteiger partial charge is 0.320 e. The van der Waals surface area contributed by atoms with Crippen molar-refractivity contribution in [1.82, 2.24) is 5.32 Å². The van der Waals surface area contributed by atoms with Gasteiger partial charge in [0.25, 0.3) is 0 Å². The standard InChI is InChI=1S/C12H11NO/c1-10(13-11(2)14)8-9-12-6-4-3-5-7-12/h3-7H,1H2,2H3,(H,13,14). The van der Waals surface area contributed by atoms with E-state index in [1.54, 1.807) is 0 Å². The number of allylic oxidation sites excluding steroid dienone is 1. The second-order valence-electron chi connectivity index (χ2n) is 2.78. The second kappa shape index (κ2) is 4.88. The summed E-state index contributed by atoms with van der Waals surface area (Å²) in [6.07, 6.45) is 0. The van der Waals surface area contributed by atoms with E-state index < -0.39 is 0 Å². The fourth-order valence-corrected chi connectivity index (χ4v) is 0.913. The number of rotatable bonds is 1. The molecule has 0 atom stereocenters. The van der Waals surface area contributed by atoms with Crippen LogP contribution in [0.25, 0.3) is 0 Å². The molecule has 0 aliphatic heterocycles. The average molecular weight is 185 g/mol. The Labute approximate surface area is 83.6 Å². The number of nitrogens with one attached hydrogen (secondary N) is 1. The maximum absolute atomic E-state index is 10.6. The van der Waals surface area contributed by atoms with Gasteiger partial charge in [-0.05, 0) is 18.1 Å². The Morgan fingerprint density at radius 2 is 2.00 bits per heavy atom. The van der Waals surface area contributed by atoms with E-state index in [9.17, 15) is 4.79 Å². The van der Waals surface area contributed by atoms with Crippen LogP contribution in [-0.4, -0.2) is 5.91 Å². The Hall–Kier alpha value is -2.01. The molecule has 0 spiro atoms. The molecule has 0 bridgehead atoms. The summed E-state index contributed by atoms with van der Waals surface area (Å²) in [4.78, 5) is 10.6. The Kier molecular flexibility index (Phi) is 3.51. The van der Waals surface area contributed by atoms with Crippen LogP contribution in [0.1, 0.15) is 12.5 Å². The fraction of sp³-hybridized carbons (Fsp3) is 0.0833. The van der Waals surface area contributed by atoms with Crippen LogP contribution in [0, 0.1) is 11.8 Å². The highest BCUT2D eigenvalue weighted by atomic mass is 16.1. The summed E-state index contributed by atoms with van der Waals surface area (Å²) in [5, 5.41) is 2.51. The summed E-state index contributed by atoms with van der Waals surface area (Å²) in [7, 11) is 0. The maximum atomic E-state index is 10.6. The van der Waals surface area contributed by atoms with Crippen LogP contribution >= 0.6 is 0 Å². The molecule has 0 saturated carbocycles. The van der Waals surface area contributed by atoms with Crippen molar-refractivity contribution in [3.8, 4) is 11.8 Å². The molecule has 2 heteroatoms. The first-order chi connectivity index (χ1) is 6.68. The summed E-state index contributed by atoms with van der Waals surface area (Å²) in [5.41, 5.74) is 1.32. The normalized spacial score (nSPS) is 8.36. The zero-order chi connectivity index (χ0) is 10.4. The van der Waals surface area contributed by atoms with E-state index in [0.717, 1.165) is 5.56 Å². The van der Waals surface area contributed by atoms with Crippen molar-refractivity contribution in [1.29, 1.82) is 0 Å². The van der Waals surface area contributed by atoms with E-state index in [1.807, 2.05) is 30.3 Å². The molecule has 1 aromatic carbocycles. The molecule has 0 radical (unpaired) electrons. The molecule has 0 aliphatic rings. The minimum Gasteiger partial charge on any atom is -0.320 e. The molecule has 1 amide bonds. The Balaban J connectivity index is 2.65. The van der Waals surface area contributed by atoms with Crippen LogP contribution < -0.4 is 5.32 Å². The zero-order valence-corrected chi connectivity index (χ0v) is 8.00. The third-order valence-corrected chi connectivity index (χ3v) is 1.46. The molecular weight excluding hydrogens is 174 g/mol. The van der Waals surface area contributed by atoms with Gasteiger partial charge >= 0.3 is 0 Å². The van der Waals surface area contributed by atoms with Crippen LogP contribution in [0.15, 0.2) is 42.6 Å². The van der Waals surface area contributed by atoms with E-state index in [0.29, 0.717) is 5.70 Å². The lowest BCUT2D eigenvalue weighted by Crippen LogP contribution is -2.16. The lowest BCUT2D eigenvalue weighted by atomic mass is 10.2. The first kappa shape index (κ1) is 10.1. The molecule has 0 unspecified atom stereocenters. The third kappa shape index (κ3) is 3.59. The van der Waals surface area contributed by atoms with Gasteiger partial charge in [-0.1, -0.05) is 30.7 Å². The summed E-state index contributed by atoms with van der Waals surface area (Å²) in [6.45, 7) is 5.03. The maximum Gasteiger partial charge on any atom is 0.221 e. The highest BCUT2D eigenvalue weighted by Gasteiger charge is 1.90. The van der Waals surface area contributed by atoms with Gasteiger partial charge in [-0.25, -0.2) is 0 Å². The topological polar surface area (TPSA) is 29.1 Å². The highest BCUT2D eigenvalue weighted by molar-refractivity contribution is 5.75. The predicted octanol–water partition coefficient (Wildman–Crippen LogP) is 1.69. The summed E-state index contributed by atoms with van der Waals surface area (Å²) < 4.78 is 0. The number of hydrogen-bond acceptors (Lipinski definition) is 1. The smallest absolute Gasteiger partial charge is 0.221 e. The molecule has 0 aliphatic carbocycles. The predicted molar refractivity (Wildman–Crippen MR) is 56.3 cm³/mol. The van der Waals surface area contributed by atoms with Crippen LogP contribution in [0.3, 0.4) is 0 Å². The Morgan fingerprint density at radius 1 is 1.36 bits per heavy atom. The van der Waals surface area contributed by atoms with Gasteiger partial charge in [0.05, 0.1) is 5.70 Å². The SMILES string of the molecule is C=C(C#Cc1ccccc1)NC(C)=O. The van der Waals surface area contributed by atoms with Crippen molar-refractivity contribution >= 4 is 5.91 Å². The van der Waals surface area contributed by atoms with Crippen molar-refractivity contribution in [2.24, 2.45) is 0 Å². The minimum absolute atomic E-state index is 0.155. The molecule has 0 aromatic heterocycles. The van der Waals surface area contributed by atoms with E-state index in [-0.39, 0.29) is 5.91 Å². The van der Waals surface area contributed by atoms with Crippen LogP contribution in [0.4, 0.5) is 0 Å². The molecule has 0 fully saturated rings. The molecule has 0 saturated heterocycles. The van der Waals surface area contributed by atoms with Gasteiger partial charge in [0, 0.05) is 12.5 Å². The van der Waals surface area contributed by atoms with Gasteiger partial charge in [-0.2, -0.15) is 0 Å². The number of benzene rings is 1. The molecule has 2 nitrogen and oxygen atoms in total. The van der Waals surface area contributed by atoms with Gasteiger partial charge in [-0.15, -0.1) is 0 Å². The molecule has 1 rings (SSSR count). The molecule has 1 N–H and O–H groups in total. The lowest BCUT2D eigenvalue weighted by molar-refractivity contribution is -0.118. The number of carbonyl (C=O) groups is 1. The van der Waals surface area contributed by atoms with Crippen molar-refractivity contribution in [2.75, 3.05) is 0 Å². The number of carbonyl (C=O) groups excluding carboxylic acids is 1. The van der Waals surface area contributed by atoms with E-state index in [2.05, 4.69) is 23.7 Å². The van der Waals surface area contributed by atoms with Crippen LogP contribution in [0.2, 0.25) is 0 Å². The van der Waals surface area contributed by atoms with E-state index in [4.69, 9.17) is 0 Å². The number of amides is 1. The van der Waals surface area contributed by atoms with Gasteiger partial charge in [0.15, 0.2) is 0 Å². The van der Waals surface area contributed by atoms with Crippen molar-refractivity contribution in [3.63, 3.8) is 0 Å². The highest BCUT2D eigenvalue weighted by Crippen LogP contribution is 1.95. The lowest BCUT2D eigenvalue weighted by Gasteiger charge is -1.95. The average Bonchev–Trinajstić information content (AvgIpc) is 2.15. The van der Waals surface area contributed by atoms with Crippen LogP contribution in [0.5, 0.6) is 0 Å². The fourth-order valence-electron chi connectivity index (χ4n) is 0.913. The van der Waals surface area contributed by atoms with Gasteiger partial charge in [0.1, 0.15) is 0 Å². The molecule has 70 valence electrons. The van der Waals surface area contributed by atoms with Gasteiger partial charge < -0.3 is 5.32 Å². The van der Waals surface area contributed by atoms with Crippen LogP contribution in [-0.2, 0) is 4.79 Å². The molecule has 14 heavy (non-hydrogen) atoms. The van der Waals surface area contributed by atoms with Gasteiger partial charge in [0.2, 0.25) is 5.91 Å². The summed E-state index contributed by atoms with van der Waals surface area (Å²) in [6, 6.07) is 9.53. The quantitative estimate of drug-likeness (QED) is 0.663. The Morgan fingerprint density at radius 3 is 2.57 bits per heavy atom. The van der Waals surface area contributed by atoms with E-state index in [1.165, 1.54) is 6.92 Å². The monoisotopic (exact) mass is 185 g/mol. The summed E-state index contributed by atoms with van der Waals surface area (Å²) in [5.74, 6) is 5.48. The van der Waals surface area contributed by atoms with Crippen molar-refractivity contribution in [3.05, 3.63) is 48.2 Å². The Bertz CT molecular complexity index is 395. The van der Waals surface area contributed by atoms with Gasteiger partial charge in [-0.3, -0.25) is 4.79 Å². The third-order valence-electron chi connectivity index (χ3n) is 1.46. The molecular formula is C12H11NO.